The minimum Gasteiger partial charge on any atom is -0.497 e. The number of benzene rings is 2. The van der Waals surface area contributed by atoms with Crippen molar-refractivity contribution in [2.45, 2.75) is 31.4 Å². The van der Waals surface area contributed by atoms with Crippen molar-refractivity contribution in [3.63, 3.8) is 0 Å². The molecule has 0 saturated heterocycles. The standard InChI is InChI=1S/C18H21NO4S/c1-13-10-16(22-3)8-9-18(13)24(20,21)19-11-14(2)23-17-7-5-4-6-15(17)12-19/h4-10,14H,11-12H2,1-3H3. The van der Waals surface area contributed by atoms with Crippen molar-refractivity contribution in [1.29, 1.82) is 0 Å². The quantitative estimate of drug-likeness (QED) is 0.856. The van der Waals surface area contributed by atoms with E-state index in [1.807, 2.05) is 31.2 Å². The van der Waals surface area contributed by atoms with E-state index < -0.39 is 10.0 Å². The third-order valence-electron chi connectivity index (χ3n) is 4.11. The van der Waals surface area contributed by atoms with Gasteiger partial charge in [-0.05, 0) is 43.7 Å². The van der Waals surface area contributed by atoms with Crippen LogP contribution in [-0.4, -0.2) is 32.5 Å². The van der Waals surface area contributed by atoms with Crippen molar-refractivity contribution in [3.8, 4) is 11.5 Å². The summed E-state index contributed by atoms with van der Waals surface area (Å²) < 4.78 is 38.8. The van der Waals surface area contributed by atoms with E-state index in [0.717, 1.165) is 11.3 Å². The van der Waals surface area contributed by atoms with Crippen LogP contribution < -0.4 is 9.47 Å². The molecule has 0 fully saturated rings. The van der Waals surface area contributed by atoms with Crippen molar-refractivity contribution in [1.82, 2.24) is 4.31 Å². The van der Waals surface area contributed by atoms with Gasteiger partial charge in [0, 0.05) is 12.1 Å². The second-order valence-electron chi connectivity index (χ2n) is 5.97. The molecule has 0 spiro atoms. The topological polar surface area (TPSA) is 55.8 Å². The van der Waals surface area contributed by atoms with E-state index in [1.165, 1.54) is 4.31 Å². The fourth-order valence-corrected chi connectivity index (χ4v) is 4.60. The SMILES string of the molecule is COc1ccc(S(=O)(=O)N2Cc3ccccc3OC(C)C2)c(C)c1. The summed E-state index contributed by atoms with van der Waals surface area (Å²) in [6.07, 6.45) is -0.220. The third kappa shape index (κ3) is 3.12. The van der Waals surface area contributed by atoms with Crippen LogP contribution in [0.15, 0.2) is 47.4 Å². The van der Waals surface area contributed by atoms with Crippen molar-refractivity contribution in [2.75, 3.05) is 13.7 Å². The zero-order valence-corrected chi connectivity index (χ0v) is 14.8. The van der Waals surface area contributed by atoms with Crippen LogP contribution in [0.3, 0.4) is 0 Å². The van der Waals surface area contributed by atoms with E-state index in [-0.39, 0.29) is 6.10 Å². The van der Waals surface area contributed by atoms with E-state index >= 15 is 0 Å². The lowest BCUT2D eigenvalue weighted by Gasteiger charge is -2.23. The normalized spacial score (nSPS) is 18.4. The third-order valence-corrected chi connectivity index (χ3v) is 6.08. The fourth-order valence-electron chi connectivity index (χ4n) is 2.91. The maximum absolute atomic E-state index is 13.1. The van der Waals surface area contributed by atoms with Crippen LogP contribution >= 0.6 is 0 Å². The van der Waals surface area contributed by atoms with Crippen LogP contribution in [0.2, 0.25) is 0 Å². The van der Waals surface area contributed by atoms with Gasteiger partial charge in [-0.25, -0.2) is 8.42 Å². The van der Waals surface area contributed by atoms with Gasteiger partial charge < -0.3 is 9.47 Å². The van der Waals surface area contributed by atoms with Gasteiger partial charge in [-0.3, -0.25) is 0 Å². The monoisotopic (exact) mass is 347 g/mol. The van der Waals surface area contributed by atoms with Gasteiger partial charge in [0.05, 0.1) is 18.6 Å². The second kappa shape index (κ2) is 6.45. The van der Waals surface area contributed by atoms with E-state index in [1.54, 1.807) is 32.2 Å². The Hall–Kier alpha value is -2.05. The van der Waals surface area contributed by atoms with Gasteiger partial charge in [-0.1, -0.05) is 18.2 Å². The predicted molar refractivity (Wildman–Crippen MR) is 91.9 cm³/mol. The number of ether oxygens (including phenoxy) is 2. The van der Waals surface area contributed by atoms with Crippen LogP contribution in [0.1, 0.15) is 18.1 Å². The number of hydrogen-bond donors (Lipinski definition) is 0. The minimum absolute atomic E-state index is 0.220. The van der Waals surface area contributed by atoms with Crippen LogP contribution in [-0.2, 0) is 16.6 Å². The zero-order valence-electron chi connectivity index (χ0n) is 14.0. The maximum atomic E-state index is 13.1. The molecule has 0 aliphatic carbocycles. The molecule has 2 aromatic carbocycles. The van der Waals surface area contributed by atoms with Crippen LogP contribution in [0, 0.1) is 6.92 Å². The molecule has 0 radical (unpaired) electrons. The highest BCUT2D eigenvalue weighted by atomic mass is 32.2. The molecule has 1 heterocycles. The van der Waals surface area contributed by atoms with Crippen molar-refractivity contribution in [2.24, 2.45) is 0 Å². The first-order chi connectivity index (χ1) is 11.4. The summed E-state index contributed by atoms with van der Waals surface area (Å²) in [5, 5.41) is 0. The van der Waals surface area contributed by atoms with Gasteiger partial charge in [0.1, 0.15) is 17.6 Å². The molecule has 0 aromatic heterocycles. The Morgan fingerprint density at radius 1 is 1.21 bits per heavy atom. The number of nitrogens with zero attached hydrogens (tertiary/aromatic N) is 1. The number of aryl methyl sites for hydroxylation is 1. The zero-order chi connectivity index (χ0) is 17.3. The highest BCUT2D eigenvalue weighted by Gasteiger charge is 2.31. The van der Waals surface area contributed by atoms with E-state index in [2.05, 4.69) is 0 Å². The molecule has 1 atom stereocenters. The summed E-state index contributed by atoms with van der Waals surface area (Å²) in [5.74, 6) is 1.39. The average molecular weight is 347 g/mol. The van der Waals surface area contributed by atoms with Crippen LogP contribution in [0.25, 0.3) is 0 Å². The number of sulfonamides is 1. The molecule has 24 heavy (non-hydrogen) atoms. The molecule has 1 aliphatic heterocycles. The molecule has 0 saturated carbocycles. The molecule has 6 heteroatoms. The lowest BCUT2D eigenvalue weighted by Crippen LogP contribution is -2.36. The average Bonchev–Trinajstić information content (AvgIpc) is 2.72. The van der Waals surface area contributed by atoms with Gasteiger partial charge in [0.25, 0.3) is 0 Å². The Kier molecular flexibility index (Phi) is 4.51. The summed E-state index contributed by atoms with van der Waals surface area (Å²) in [5.41, 5.74) is 1.54. The van der Waals surface area contributed by atoms with Crippen molar-refractivity contribution >= 4 is 10.0 Å². The summed E-state index contributed by atoms with van der Waals surface area (Å²) in [4.78, 5) is 0.301. The van der Waals surface area contributed by atoms with Gasteiger partial charge in [0.2, 0.25) is 10.0 Å². The predicted octanol–water partition coefficient (Wildman–Crippen LogP) is 2.98. The van der Waals surface area contributed by atoms with Crippen molar-refractivity contribution < 1.29 is 17.9 Å². The highest BCUT2D eigenvalue weighted by molar-refractivity contribution is 7.89. The smallest absolute Gasteiger partial charge is 0.243 e. The number of fused-ring (bicyclic) bond motifs is 1. The van der Waals surface area contributed by atoms with Crippen LogP contribution in [0.4, 0.5) is 0 Å². The Bertz CT molecular complexity index is 848. The number of rotatable bonds is 3. The molecule has 3 rings (SSSR count). The number of para-hydroxylation sites is 1. The van der Waals surface area contributed by atoms with E-state index in [9.17, 15) is 8.42 Å². The molecule has 128 valence electrons. The summed E-state index contributed by atoms with van der Waals surface area (Å²) in [6, 6.07) is 12.6. The summed E-state index contributed by atoms with van der Waals surface area (Å²) >= 11 is 0. The summed E-state index contributed by atoms with van der Waals surface area (Å²) in [6.45, 7) is 4.27. The Balaban J connectivity index is 2.00. The first-order valence-corrected chi connectivity index (χ1v) is 9.25. The fraction of sp³-hybridized carbons (Fsp3) is 0.333. The Morgan fingerprint density at radius 3 is 2.67 bits per heavy atom. The first-order valence-electron chi connectivity index (χ1n) is 7.81. The van der Waals surface area contributed by atoms with E-state index in [4.69, 9.17) is 9.47 Å². The van der Waals surface area contributed by atoms with Gasteiger partial charge in [-0.15, -0.1) is 0 Å². The molecule has 0 bridgehead atoms. The van der Waals surface area contributed by atoms with Crippen molar-refractivity contribution in [3.05, 3.63) is 53.6 Å². The minimum atomic E-state index is -3.62. The molecular weight excluding hydrogens is 326 g/mol. The molecule has 1 aliphatic rings. The molecule has 2 aromatic rings. The lowest BCUT2D eigenvalue weighted by atomic mass is 10.2. The molecular formula is C18H21NO4S. The van der Waals surface area contributed by atoms with E-state index in [0.29, 0.717) is 29.3 Å². The largest absolute Gasteiger partial charge is 0.497 e. The maximum Gasteiger partial charge on any atom is 0.243 e. The number of methoxy groups -OCH3 is 1. The first kappa shape index (κ1) is 16.8. The Morgan fingerprint density at radius 2 is 1.96 bits per heavy atom. The second-order valence-corrected chi connectivity index (χ2v) is 7.87. The highest BCUT2D eigenvalue weighted by Crippen LogP contribution is 2.30. The van der Waals surface area contributed by atoms with Gasteiger partial charge >= 0.3 is 0 Å². The number of hydrogen-bond acceptors (Lipinski definition) is 4. The van der Waals surface area contributed by atoms with Gasteiger partial charge in [-0.2, -0.15) is 4.31 Å². The molecule has 1 unspecified atom stereocenters. The molecule has 0 amide bonds. The summed E-state index contributed by atoms with van der Waals surface area (Å²) in [7, 11) is -2.06. The molecule has 5 nitrogen and oxygen atoms in total. The van der Waals surface area contributed by atoms with Gasteiger partial charge in [0.15, 0.2) is 0 Å². The van der Waals surface area contributed by atoms with Crippen LogP contribution in [0.5, 0.6) is 11.5 Å². The molecule has 0 N–H and O–H groups in total. The Labute approximate surface area is 142 Å². The lowest BCUT2D eigenvalue weighted by molar-refractivity contribution is 0.201.